The van der Waals surface area contributed by atoms with E-state index in [2.05, 4.69) is 0 Å². The van der Waals surface area contributed by atoms with E-state index >= 15 is 0 Å². The lowest BCUT2D eigenvalue weighted by atomic mass is 9.91. The number of hydrogen-bond donors (Lipinski definition) is 1. The first-order valence-electron chi connectivity index (χ1n) is 10.9. The summed E-state index contributed by atoms with van der Waals surface area (Å²) in [6.45, 7) is 0. The number of furan rings is 1. The maximum absolute atomic E-state index is 13.9. The van der Waals surface area contributed by atoms with E-state index in [1.807, 2.05) is 42.5 Å². The second-order valence-corrected chi connectivity index (χ2v) is 7.90. The van der Waals surface area contributed by atoms with Crippen molar-refractivity contribution in [3.05, 3.63) is 137 Å². The summed E-state index contributed by atoms with van der Waals surface area (Å²) in [6, 6.07) is 30.5. The van der Waals surface area contributed by atoms with E-state index in [1.165, 1.54) is 15.6 Å². The molecule has 0 aliphatic rings. The van der Waals surface area contributed by atoms with Crippen molar-refractivity contribution in [2.75, 3.05) is 0 Å². The van der Waals surface area contributed by atoms with Crippen molar-refractivity contribution in [1.82, 2.24) is 9.36 Å². The fourth-order valence-electron chi connectivity index (χ4n) is 4.18. The van der Waals surface area contributed by atoms with Crippen LogP contribution in [0.5, 0.6) is 5.88 Å². The number of nitrogens with zero attached hydrogens (tertiary/aromatic N) is 2. The number of Topliss-reactive ketones (excluding diaryl/α,β-unsaturated/α-hetero) is 1. The molecule has 0 fully saturated rings. The zero-order chi connectivity index (χ0) is 23.5. The Hall–Kier alpha value is -4.58. The van der Waals surface area contributed by atoms with Crippen LogP contribution in [0, 0.1) is 0 Å². The summed E-state index contributed by atoms with van der Waals surface area (Å²) in [6.07, 6.45) is 1.46. The largest absolute Gasteiger partial charge is 0.493 e. The number of carbonyl (C=O) groups excluding carboxylic acids is 1. The van der Waals surface area contributed by atoms with Crippen LogP contribution in [0.2, 0.25) is 0 Å². The van der Waals surface area contributed by atoms with Gasteiger partial charge in [0.25, 0.3) is 5.56 Å². The molecule has 2 aromatic heterocycles. The van der Waals surface area contributed by atoms with Crippen LogP contribution in [0.25, 0.3) is 11.4 Å². The van der Waals surface area contributed by atoms with Crippen LogP contribution in [0.4, 0.5) is 0 Å². The lowest BCUT2D eigenvalue weighted by Gasteiger charge is -2.13. The Morgan fingerprint density at radius 1 is 0.765 bits per heavy atom. The zero-order valence-corrected chi connectivity index (χ0v) is 18.2. The van der Waals surface area contributed by atoms with Gasteiger partial charge in [-0.1, -0.05) is 66.7 Å². The number of hydrogen-bond acceptors (Lipinski definition) is 4. The summed E-state index contributed by atoms with van der Waals surface area (Å²) in [5, 5.41) is 11.4. The number of ketones is 1. The second kappa shape index (κ2) is 9.11. The fraction of sp³-hybridized carbons (Fsp3) is 0.0714. The predicted octanol–water partition coefficient (Wildman–Crippen LogP) is 5.33. The maximum Gasteiger partial charge on any atom is 0.279 e. The highest BCUT2D eigenvalue weighted by molar-refractivity contribution is 5.96. The lowest BCUT2D eigenvalue weighted by molar-refractivity contribution is 0.0974. The van der Waals surface area contributed by atoms with Crippen LogP contribution >= 0.6 is 0 Å². The minimum Gasteiger partial charge on any atom is -0.493 e. The van der Waals surface area contributed by atoms with E-state index in [0.29, 0.717) is 22.7 Å². The minimum atomic E-state index is -0.768. The summed E-state index contributed by atoms with van der Waals surface area (Å²) < 4.78 is 8.52. The molecule has 1 unspecified atom stereocenters. The predicted molar refractivity (Wildman–Crippen MR) is 129 cm³/mol. The molecule has 1 N–H and O–H groups in total. The smallest absolute Gasteiger partial charge is 0.279 e. The monoisotopic (exact) mass is 450 g/mol. The first-order valence-corrected chi connectivity index (χ1v) is 10.9. The zero-order valence-electron chi connectivity index (χ0n) is 18.2. The molecule has 6 heteroatoms. The van der Waals surface area contributed by atoms with Crippen molar-refractivity contribution in [3.8, 4) is 17.3 Å². The molecule has 6 nitrogen and oxygen atoms in total. The molecule has 0 amide bonds. The van der Waals surface area contributed by atoms with Gasteiger partial charge in [0, 0.05) is 12.0 Å². The maximum atomic E-state index is 13.9. The highest BCUT2D eigenvalue weighted by atomic mass is 16.3. The quantitative estimate of drug-likeness (QED) is 0.340. The van der Waals surface area contributed by atoms with Gasteiger partial charge in [0.2, 0.25) is 5.88 Å². The third-order valence-corrected chi connectivity index (χ3v) is 5.79. The lowest BCUT2D eigenvalue weighted by Crippen LogP contribution is -2.23. The molecule has 0 aliphatic heterocycles. The normalized spacial score (nSPS) is 11.9. The van der Waals surface area contributed by atoms with Gasteiger partial charge in [-0.05, 0) is 36.4 Å². The van der Waals surface area contributed by atoms with Crippen LogP contribution in [0.15, 0.2) is 119 Å². The summed E-state index contributed by atoms with van der Waals surface area (Å²) in [5.41, 5.74) is 1.41. The average Bonchev–Trinajstić information content (AvgIpc) is 3.51. The molecule has 34 heavy (non-hydrogen) atoms. The van der Waals surface area contributed by atoms with Gasteiger partial charge in [-0.25, -0.2) is 9.36 Å². The van der Waals surface area contributed by atoms with Gasteiger partial charge < -0.3 is 9.52 Å². The van der Waals surface area contributed by atoms with Gasteiger partial charge in [0.05, 0.1) is 29.1 Å². The van der Waals surface area contributed by atoms with Crippen LogP contribution in [0.3, 0.4) is 0 Å². The number of aromatic nitrogens is 2. The van der Waals surface area contributed by atoms with Gasteiger partial charge in [-0.3, -0.25) is 9.59 Å². The molecule has 5 rings (SSSR count). The molecule has 0 spiro atoms. The number of aromatic hydroxyl groups is 1. The Balaban J connectivity index is 1.72. The Labute approximate surface area is 195 Å². The summed E-state index contributed by atoms with van der Waals surface area (Å²) in [7, 11) is 0. The first-order chi connectivity index (χ1) is 16.6. The molecule has 0 radical (unpaired) electrons. The third-order valence-electron chi connectivity index (χ3n) is 5.79. The van der Waals surface area contributed by atoms with Crippen molar-refractivity contribution in [3.63, 3.8) is 0 Å². The molecular formula is C28H22N2O4. The van der Waals surface area contributed by atoms with E-state index in [-0.39, 0.29) is 23.6 Å². The molecule has 1 atom stereocenters. The Morgan fingerprint density at radius 2 is 1.32 bits per heavy atom. The standard InChI is InChI=1S/C28H22N2O4/c31-24(20-11-4-1-5-12-20)19-23(25-17-10-18-34-25)26-27(32)29(21-13-6-2-7-14-21)30(28(26)33)22-15-8-3-9-16-22/h1-18,23,32H,19H2. The van der Waals surface area contributed by atoms with E-state index in [1.54, 1.807) is 60.7 Å². The summed E-state index contributed by atoms with van der Waals surface area (Å²) in [5.74, 6) is -0.723. The molecule has 0 bridgehead atoms. The van der Waals surface area contributed by atoms with E-state index in [9.17, 15) is 14.7 Å². The number of carbonyl (C=O) groups is 1. The van der Waals surface area contributed by atoms with E-state index < -0.39 is 11.5 Å². The van der Waals surface area contributed by atoms with Gasteiger partial charge in [0.15, 0.2) is 5.78 Å². The van der Waals surface area contributed by atoms with Crippen LogP contribution in [0.1, 0.15) is 34.0 Å². The minimum absolute atomic E-state index is 0.0338. The average molecular weight is 450 g/mol. The Morgan fingerprint density at radius 3 is 1.88 bits per heavy atom. The first kappa shape index (κ1) is 21.3. The third kappa shape index (κ3) is 3.86. The van der Waals surface area contributed by atoms with Crippen molar-refractivity contribution in [2.45, 2.75) is 12.3 Å². The van der Waals surface area contributed by atoms with Gasteiger partial charge in [-0.15, -0.1) is 0 Å². The van der Waals surface area contributed by atoms with Gasteiger partial charge in [0.1, 0.15) is 5.76 Å². The summed E-state index contributed by atoms with van der Waals surface area (Å²) in [4.78, 5) is 27.0. The van der Waals surface area contributed by atoms with Crippen molar-refractivity contribution in [2.24, 2.45) is 0 Å². The Kier molecular flexibility index (Phi) is 5.70. The fourth-order valence-corrected chi connectivity index (χ4v) is 4.18. The number of rotatable bonds is 7. The van der Waals surface area contributed by atoms with Crippen molar-refractivity contribution < 1.29 is 14.3 Å². The molecule has 2 heterocycles. The van der Waals surface area contributed by atoms with Crippen LogP contribution in [-0.4, -0.2) is 20.3 Å². The highest BCUT2D eigenvalue weighted by Gasteiger charge is 2.32. The van der Waals surface area contributed by atoms with Crippen LogP contribution in [-0.2, 0) is 0 Å². The molecule has 0 saturated heterocycles. The topological polar surface area (TPSA) is 77.4 Å². The molecule has 0 saturated carbocycles. The molecule has 168 valence electrons. The van der Waals surface area contributed by atoms with E-state index in [0.717, 1.165) is 0 Å². The van der Waals surface area contributed by atoms with Crippen molar-refractivity contribution in [1.29, 1.82) is 0 Å². The molecular weight excluding hydrogens is 428 g/mol. The van der Waals surface area contributed by atoms with Crippen LogP contribution < -0.4 is 5.56 Å². The van der Waals surface area contributed by atoms with Crippen molar-refractivity contribution >= 4 is 5.78 Å². The highest BCUT2D eigenvalue weighted by Crippen LogP contribution is 2.35. The Bertz CT molecular complexity index is 1450. The van der Waals surface area contributed by atoms with E-state index in [4.69, 9.17) is 4.42 Å². The second-order valence-electron chi connectivity index (χ2n) is 7.90. The molecule has 5 aromatic rings. The summed E-state index contributed by atoms with van der Waals surface area (Å²) >= 11 is 0. The molecule has 3 aromatic carbocycles. The number of para-hydroxylation sites is 2. The number of benzene rings is 3. The SMILES string of the molecule is O=C(CC(c1ccco1)c1c(O)n(-c2ccccc2)n(-c2ccccc2)c1=O)c1ccccc1. The molecule has 0 aliphatic carbocycles. The van der Waals surface area contributed by atoms with Gasteiger partial charge >= 0.3 is 0 Å². The van der Waals surface area contributed by atoms with Gasteiger partial charge in [-0.2, -0.15) is 0 Å².